The number of rotatable bonds is 4. The van der Waals surface area contributed by atoms with Gasteiger partial charge in [0.1, 0.15) is 0 Å². The molecule has 0 aliphatic heterocycles. The van der Waals surface area contributed by atoms with E-state index in [0.29, 0.717) is 0 Å². The standard InChI is InChI=1S/C17H33N/c1-2-15-9-6-12-17(18,13-10-15)14-11-16-7-4-3-5-8-16/h15-16H,2-14,18H2,1H3. The Kier molecular flexibility index (Phi) is 5.54. The van der Waals surface area contributed by atoms with E-state index in [1.54, 1.807) is 0 Å². The molecule has 2 aliphatic carbocycles. The highest BCUT2D eigenvalue weighted by Gasteiger charge is 2.29. The van der Waals surface area contributed by atoms with Crippen molar-refractivity contribution in [1.82, 2.24) is 0 Å². The van der Waals surface area contributed by atoms with Gasteiger partial charge in [-0.1, -0.05) is 58.3 Å². The van der Waals surface area contributed by atoms with Gasteiger partial charge in [0.15, 0.2) is 0 Å². The molecule has 2 N–H and O–H groups in total. The maximum absolute atomic E-state index is 6.69. The van der Waals surface area contributed by atoms with Crippen LogP contribution in [0.4, 0.5) is 0 Å². The summed E-state index contributed by atoms with van der Waals surface area (Å²) in [7, 11) is 0. The van der Waals surface area contributed by atoms with E-state index in [-0.39, 0.29) is 5.54 Å². The fourth-order valence-corrected chi connectivity index (χ4v) is 4.13. The van der Waals surface area contributed by atoms with Crippen LogP contribution in [-0.4, -0.2) is 5.54 Å². The molecule has 2 saturated carbocycles. The summed E-state index contributed by atoms with van der Waals surface area (Å²) < 4.78 is 0. The minimum atomic E-state index is 0.196. The average molecular weight is 251 g/mol. The summed E-state index contributed by atoms with van der Waals surface area (Å²) in [4.78, 5) is 0. The second kappa shape index (κ2) is 6.93. The summed E-state index contributed by atoms with van der Waals surface area (Å²) in [6.45, 7) is 2.34. The molecule has 0 saturated heterocycles. The molecule has 1 nitrogen and oxygen atoms in total. The number of nitrogens with two attached hydrogens (primary N) is 1. The van der Waals surface area contributed by atoms with E-state index < -0.39 is 0 Å². The molecule has 2 atom stereocenters. The van der Waals surface area contributed by atoms with Gasteiger partial charge in [-0.05, 0) is 43.9 Å². The molecular weight excluding hydrogens is 218 g/mol. The smallest absolute Gasteiger partial charge is 0.0154 e. The highest BCUT2D eigenvalue weighted by Crippen LogP contribution is 2.36. The fourth-order valence-electron chi connectivity index (χ4n) is 4.13. The predicted octanol–water partition coefficient (Wildman–Crippen LogP) is 5.03. The van der Waals surface area contributed by atoms with Gasteiger partial charge in [-0.15, -0.1) is 0 Å². The van der Waals surface area contributed by atoms with Crippen molar-refractivity contribution in [1.29, 1.82) is 0 Å². The molecule has 2 rings (SSSR count). The summed E-state index contributed by atoms with van der Waals surface area (Å²) in [5.41, 5.74) is 6.89. The molecule has 0 heterocycles. The van der Waals surface area contributed by atoms with Gasteiger partial charge < -0.3 is 5.73 Å². The third kappa shape index (κ3) is 4.26. The topological polar surface area (TPSA) is 26.0 Å². The van der Waals surface area contributed by atoms with Crippen LogP contribution in [0.2, 0.25) is 0 Å². The lowest BCUT2D eigenvalue weighted by Crippen LogP contribution is -2.39. The molecule has 0 radical (unpaired) electrons. The molecule has 0 aromatic rings. The van der Waals surface area contributed by atoms with Crippen LogP contribution in [0.5, 0.6) is 0 Å². The van der Waals surface area contributed by atoms with Crippen molar-refractivity contribution >= 4 is 0 Å². The average Bonchev–Trinajstić information content (AvgIpc) is 2.60. The van der Waals surface area contributed by atoms with Crippen molar-refractivity contribution in [2.24, 2.45) is 17.6 Å². The molecule has 2 unspecified atom stereocenters. The lowest BCUT2D eigenvalue weighted by Gasteiger charge is -2.31. The van der Waals surface area contributed by atoms with Crippen molar-refractivity contribution in [3.8, 4) is 0 Å². The van der Waals surface area contributed by atoms with Crippen LogP contribution >= 0.6 is 0 Å². The molecule has 0 spiro atoms. The lowest BCUT2D eigenvalue weighted by molar-refractivity contribution is 0.267. The summed E-state index contributed by atoms with van der Waals surface area (Å²) >= 11 is 0. The molecule has 106 valence electrons. The minimum Gasteiger partial charge on any atom is -0.325 e. The second-order valence-corrected chi connectivity index (χ2v) is 7.11. The van der Waals surface area contributed by atoms with Gasteiger partial charge in [0.05, 0.1) is 0 Å². The fraction of sp³-hybridized carbons (Fsp3) is 1.00. The summed E-state index contributed by atoms with van der Waals surface area (Å²) in [5.74, 6) is 1.97. The maximum Gasteiger partial charge on any atom is 0.0154 e. The number of hydrogen-bond donors (Lipinski definition) is 1. The molecule has 1 heteroatoms. The van der Waals surface area contributed by atoms with Gasteiger partial charge in [0, 0.05) is 5.54 Å². The van der Waals surface area contributed by atoms with Gasteiger partial charge in [-0.25, -0.2) is 0 Å². The second-order valence-electron chi connectivity index (χ2n) is 7.11. The first-order valence-electron chi connectivity index (χ1n) is 8.51. The van der Waals surface area contributed by atoms with E-state index in [1.165, 1.54) is 83.5 Å². The van der Waals surface area contributed by atoms with Crippen LogP contribution < -0.4 is 5.73 Å². The SMILES string of the molecule is CCC1CCCC(N)(CCC2CCCCC2)CC1. The Bertz CT molecular complexity index is 232. The zero-order chi connectivity index (χ0) is 12.8. The molecular formula is C17H33N. The third-order valence-corrected chi connectivity index (χ3v) is 5.69. The van der Waals surface area contributed by atoms with Gasteiger partial charge >= 0.3 is 0 Å². The van der Waals surface area contributed by atoms with Crippen LogP contribution in [0.25, 0.3) is 0 Å². The Balaban J connectivity index is 1.75. The monoisotopic (exact) mass is 251 g/mol. The van der Waals surface area contributed by atoms with E-state index in [2.05, 4.69) is 6.92 Å². The molecule has 0 aromatic carbocycles. The lowest BCUT2D eigenvalue weighted by atomic mass is 9.79. The van der Waals surface area contributed by atoms with E-state index in [0.717, 1.165) is 11.8 Å². The Labute approximate surface area is 114 Å². The van der Waals surface area contributed by atoms with Crippen molar-refractivity contribution in [2.45, 2.75) is 95.9 Å². The van der Waals surface area contributed by atoms with Crippen molar-refractivity contribution < 1.29 is 0 Å². The molecule has 2 aliphatic rings. The zero-order valence-electron chi connectivity index (χ0n) is 12.4. The number of hydrogen-bond acceptors (Lipinski definition) is 1. The predicted molar refractivity (Wildman–Crippen MR) is 79.6 cm³/mol. The van der Waals surface area contributed by atoms with E-state index in [9.17, 15) is 0 Å². The first-order chi connectivity index (χ1) is 8.72. The van der Waals surface area contributed by atoms with Crippen LogP contribution in [0, 0.1) is 11.8 Å². The first kappa shape index (κ1) is 14.4. The van der Waals surface area contributed by atoms with Crippen molar-refractivity contribution in [3.05, 3.63) is 0 Å². The molecule has 18 heavy (non-hydrogen) atoms. The first-order valence-corrected chi connectivity index (χ1v) is 8.51. The normalized spacial score (nSPS) is 35.3. The highest BCUT2D eigenvalue weighted by atomic mass is 14.7. The highest BCUT2D eigenvalue weighted by molar-refractivity contribution is 4.88. The Morgan fingerprint density at radius 2 is 1.61 bits per heavy atom. The Morgan fingerprint density at radius 1 is 0.889 bits per heavy atom. The van der Waals surface area contributed by atoms with Crippen LogP contribution in [0.3, 0.4) is 0 Å². The third-order valence-electron chi connectivity index (χ3n) is 5.69. The van der Waals surface area contributed by atoms with E-state index in [1.807, 2.05) is 0 Å². The van der Waals surface area contributed by atoms with Gasteiger partial charge in [-0.2, -0.15) is 0 Å². The van der Waals surface area contributed by atoms with Crippen LogP contribution in [-0.2, 0) is 0 Å². The van der Waals surface area contributed by atoms with Crippen molar-refractivity contribution in [2.75, 3.05) is 0 Å². The van der Waals surface area contributed by atoms with Crippen LogP contribution in [0.1, 0.15) is 90.4 Å². The maximum atomic E-state index is 6.69. The summed E-state index contributed by atoms with van der Waals surface area (Å²) in [6.07, 6.45) is 18.2. The van der Waals surface area contributed by atoms with Crippen LogP contribution in [0.15, 0.2) is 0 Å². The van der Waals surface area contributed by atoms with Crippen molar-refractivity contribution in [3.63, 3.8) is 0 Å². The molecule has 0 aromatic heterocycles. The van der Waals surface area contributed by atoms with Gasteiger partial charge in [0.2, 0.25) is 0 Å². The zero-order valence-corrected chi connectivity index (χ0v) is 12.4. The molecule has 0 amide bonds. The van der Waals surface area contributed by atoms with Gasteiger partial charge in [-0.3, -0.25) is 0 Å². The van der Waals surface area contributed by atoms with E-state index >= 15 is 0 Å². The molecule has 0 bridgehead atoms. The largest absolute Gasteiger partial charge is 0.325 e. The quantitative estimate of drug-likeness (QED) is 0.696. The minimum absolute atomic E-state index is 0.196. The summed E-state index contributed by atoms with van der Waals surface area (Å²) in [5, 5.41) is 0. The van der Waals surface area contributed by atoms with Gasteiger partial charge in [0.25, 0.3) is 0 Å². The molecule has 2 fully saturated rings. The summed E-state index contributed by atoms with van der Waals surface area (Å²) in [6, 6.07) is 0. The van der Waals surface area contributed by atoms with E-state index in [4.69, 9.17) is 5.73 Å². The Hall–Kier alpha value is -0.0400. The Morgan fingerprint density at radius 3 is 2.33 bits per heavy atom.